The number of nitrogens with zero attached hydrogens (tertiary/aromatic N) is 1. The van der Waals surface area contributed by atoms with Crippen molar-refractivity contribution in [2.75, 3.05) is 19.7 Å². The molecule has 0 radical (unpaired) electrons. The molecule has 0 spiro atoms. The Labute approximate surface area is 201 Å². The first kappa shape index (κ1) is 24.1. The third-order valence-electron chi connectivity index (χ3n) is 6.60. The molecule has 1 aromatic heterocycles. The summed E-state index contributed by atoms with van der Waals surface area (Å²) in [6.07, 6.45) is 10.7. The number of likely N-dealkylation sites (tertiary alicyclic amines) is 1. The number of piperidine rings is 1. The Morgan fingerprint density at radius 1 is 1.09 bits per heavy atom. The summed E-state index contributed by atoms with van der Waals surface area (Å²) in [4.78, 5) is 14.6. The second kappa shape index (κ2) is 12.5. The molecule has 1 saturated heterocycles. The molecule has 178 valence electrons. The van der Waals surface area contributed by atoms with E-state index in [0.29, 0.717) is 25.7 Å². The van der Waals surface area contributed by atoms with E-state index in [9.17, 15) is 4.79 Å². The van der Waals surface area contributed by atoms with Crippen molar-refractivity contribution >= 4 is 17.3 Å². The molecule has 1 aliphatic heterocycles. The maximum atomic E-state index is 10.7. The van der Waals surface area contributed by atoms with Crippen LogP contribution in [0.1, 0.15) is 50.5 Å². The summed E-state index contributed by atoms with van der Waals surface area (Å²) >= 11 is 1.76. The molecule has 1 aromatic carbocycles. The van der Waals surface area contributed by atoms with Crippen LogP contribution in [-0.2, 0) is 20.9 Å². The average Bonchev–Trinajstić information content (AvgIpc) is 3.48. The highest BCUT2D eigenvalue weighted by Crippen LogP contribution is 2.33. The van der Waals surface area contributed by atoms with Crippen molar-refractivity contribution in [1.82, 2.24) is 4.90 Å². The molecule has 3 unspecified atom stereocenters. The minimum absolute atomic E-state index is 0.0550. The van der Waals surface area contributed by atoms with Crippen LogP contribution in [0.3, 0.4) is 0 Å². The summed E-state index contributed by atoms with van der Waals surface area (Å²) in [5, 5.41) is 11.0. The van der Waals surface area contributed by atoms with E-state index >= 15 is 0 Å². The lowest BCUT2D eigenvalue weighted by Crippen LogP contribution is -2.47. The Balaban J connectivity index is 1.34. The van der Waals surface area contributed by atoms with Crippen LogP contribution in [0.2, 0.25) is 0 Å². The molecule has 0 amide bonds. The standard InChI is InChI=1S/C27H35NO4S/c29-26(30)12-6-2-9-17-31-27-23(28-15-7-3-8-16-28)13-14-24(27)32-19-21-18-25(33-20-21)22-10-4-1-5-11-22/h1-2,4-5,9-11,18,20,23-24,27H,3,6-8,12-17,19H2,(H,29,30). The Morgan fingerprint density at radius 3 is 2.70 bits per heavy atom. The molecule has 2 heterocycles. The third kappa shape index (κ3) is 7.00. The van der Waals surface area contributed by atoms with Crippen LogP contribution in [0.4, 0.5) is 0 Å². The van der Waals surface area contributed by atoms with Crippen LogP contribution >= 0.6 is 11.3 Å². The summed E-state index contributed by atoms with van der Waals surface area (Å²) in [5.41, 5.74) is 2.46. The maximum absolute atomic E-state index is 10.7. The summed E-state index contributed by atoms with van der Waals surface area (Å²) < 4.78 is 12.8. The zero-order chi connectivity index (χ0) is 22.9. The van der Waals surface area contributed by atoms with Gasteiger partial charge in [0.05, 0.1) is 25.4 Å². The van der Waals surface area contributed by atoms with E-state index in [4.69, 9.17) is 14.6 Å². The van der Waals surface area contributed by atoms with E-state index in [2.05, 4.69) is 40.6 Å². The molecule has 1 aliphatic carbocycles. The molecule has 3 atom stereocenters. The Bertz CT molecular complexity index is 891. The van der Waals surface area contributed by atoms with Gasteiger partial charge in [0, 0.05) is 17.3 Å². The monoisotopic (exact) mass is 469 g/mol. The van der Waals surface area contributed by atoms with Gasteiger partial charge in [0.2, 0.25) is 0 Å². The van der Waals surface area contributed by atoms with Crippen molar-refractivity contribution in [2.24, 2.45) is 0 Å². The second-order valence-electron chi connectivity index (χ2n) is 8.98. The largest absolute Gasteiger partial charge is 0.481 e. The number of rotatable bonds is 11. The van der Waals surface area contributed by atoms with Gasteiger partial charge in [-0.05, 0) is 67.8 Å². The van der Waals surface area contributed by atoms with E-state index < -0.39 is 5.97 Å². The fourth-order valence-electron chi connectivity index (χ4n) is 4.92. The zero-order valence-corrected chi connectivity index (χ0v) is 20.1. The lowest BCUT2D eigenvalue weighted by atomic mass is 10.1. The first-order valence-corrected chi connectivity index (χ1v) is 13.1. The van der Waals surface area contributed by atoms with Gasteiger partial charge in [-0.25, -0.2) is 0 Å². The van der Waals surface area contributed by atoms with Crippen molar-refractivity contribution in [3.05, 3.63) is 59.5 Å². The van der Waals surface area contributed by atoms with Gasteiger partial charge in [-0.2, -0.15) is 0 Å². The highest BCUT2D eigenvalue weighted by atomic mass is 32.1. The van der Waals surface area contributed by atoms with Gasteiger partial charge in [0.15, 0.2) is 0 Å². The highest BCUT2D eigenvalue weighted by Gasteiger charge is 2.41. The van der Waals surface area contributed by atoms with Crippen LogP contribution in [-0.4, -0.2) is 53.9 Å². The van der Waals surface area contributed by atoms with Crippen LogP contribution < -0.4 is 0 Å². The van der Waals surface area contributed by atoms with E-state index in [1.54, 1.807) is 11.3 Å². The number of carboxylic acids is 1. The summed E-state index contributed by atoms with van der Waals surface area (Å²) in [7, 11) is 0. The highest BCUT2D eigenvalue weighted by molar-refractivity contribution is 7.13. The predicted molar refractivity (Wildman–Crippen MR) is 133 cm³/mol. The number of allylic oxidation sites excluding steroid dienone is 1. The molecular weight excluding hydrogens is 434 g/mol. The number of carbonyl (C=O) groups is 1. The van der Waals surface area contributed by atoms with Crippen molar-refractivity contribution in [1.29, 1.82) is 0 Å². The molecular formula is C27H35NO4S. The smallest absolute Gasteiger partial charge is 0.303 e. The molecule has 33 heavy (non-hydrogen) atoms. The van der Waals surface area contributed by atoms with Gasteiger partial charge < -0.3 is 14.6 Å². The number of carboxylic acid groups (broad SMARTS) is 1. The SMILES string of the molecule is O=C(O)CCC=CCOC1C(OCc2csc(-c3ccccc3)c2)CCC1N1CCCCC1. The van der Waals surface area contributed by atoms with Crippen LogP contribution in [0.25, 0.3) is 10.4 Å². The number of thiophene rings is 1. The normalized spacial score (nSPS) is 23.9. The molecule has 1 saturated carbocycles. The minimum atomic E-state index is -0.765. The lowest BCUT2D eigenvalue weighted by molar-refractivity contribution is -0.136. The number of hydrogen-bond acceptors (Lipinski definition) is 5. The first-order chi connectivity index (χ1) is 16.2. The summed E-state index contributed by atoms with van der Waals surface area (Å²) in [5.74, 6) is -0.765. The minimum Gasteiger partial charge on any atom is -0.481 e. The molecule has 1 N–H and O–H groups in total. The average molecular weight is 470 g/mol. The molecule has 2 aliphatic rings. The van der Waals surface area contributed by atoms with Gasteiger partial charge in [-0.15, -0.1) is 11.3 Å². The van der Waals surface area contributed by atoms with E-state index in [0.717, 1.165) is 25.9 Å². The van der Waals surface area contributed by atoms with Crippen molar-refractivity contribution in [2.45, 2.75) is 69.8 Å². The third-order valence-corrected chi connectivity index (χ3v) is 7.63. The fraction of sp³-hybridized carbons (Fsp3) is 0.519. The van der Waals surface area contributed by atoms with Crippen molar-refractivity contribution in [3.63, 3.8) is 0 Å². The van der Waals surface area contributed by atoms with Crippen LogP contribution in [0.5, 0.6) is 0 Å². The Morgan fingerprint density at radius 2 is 1.91 bits per heavy atom. The topological polar surface area (TPSA) is 59.0 Å². The summed E-state index contributed by atoms with van der Waals surface area (Å²) in [6, 6.07) is 13.1. The quantitative estimate of drug-likeness (QED) is 0.424. The number of hydrogen-bond donors (Lipinski definition) is 1. The van der Waals surface area contributed by atoms with Crippen molar-refractivity contribution in [3.8, 4) is 10.4 Å². The number of aliphatic carboxylic acids is 1. The van der Waals surface area contributed by atoms with Crippen LogP contribution in [0, 0.1) is 0 Å². The molecule has 2 aromatic rings. The Hall–Kier alpha value is -1.99. The number of benzene rings is 1. The van der Waals surface area contributed by atoms with Gasteiger partial charge in [-0.3, -0.25) is 9.69 Å². The molecule has 5 nitrogen and oxygen atoms in total. The van der Waals surface area contributed by atoms with Gasteiger partial charge >= 0.3 is 5.97 Å². The lowest BCUT2D eigenvalue weighted by Gasteiger charge is -2.36. The second-order valence-corrected chi connectivity index (χ2v) is 9.89. The molecule has 4 rings (SSSR count). The van der Waals surface area contributed by atoms with E-state index in [1.807, 2.05) is 18.2 Å². The van der Waals surface area contributed by atoms with Crippen molar-refractivity contribution < 1.29 is 19.4 Å². The van der Waals surface area contributed by atoms with E-state index in [1.165, 1.54) is 35.3 Å². The van der Waals surface area contributed by atoms with Gasteiger partial charge in [0.25, 0.3) is 0 Å². The fourth-order valence-corrected chi connectivity index (χ4v) is 5.82. The van der Waals surface area contributed by atoms with E-state index in [-0.39, 0.29) is 18.6 Å². The molecule has 2 fully saturated rings. The molecule has 0 bridgehead atoms. The van der Waals surface area contributed by atoms with Gasteiger partial charge in [-0.1, -0.05) is 48.9 Å². The van der Waals surface area contributed by atoms with Gasteiger partial charge in [0.1, 0.15) is 0 Å². The summed E-state index contributed by atoms with van der Waals surface area (Å²) in [6.45, 7) is 3.41. The number of ether oxygens (including phenoxy) is 2. The molecule has 6 heteroatoms. The first-order valence-electron chi connectivity index (χ1n) is 12.2. The van der Waals surface area contributed by atoms with Crippen LogP contribution in [0.15, 0.2) is 53.9 Å². The Kier molecular flexibility index (Phi) is 9.12. The predicted octanol–water partition coefficient (Wildman–Crippen LogP) is 5.75. The maximum Gasteiger partial charge on any atom is 0.303 e. The zero-order valence-electron chi connectivity index (χ0n) is 19.2.